The van der Waals surface area contributed by atoms with Gasteiger partial charge < -0.3 is 13.6 Å². The summed E-state index contributed by atoms with van der Waals surface area (Å²) in [5, 5.41) is 7.76. The number of halogens is 1. The van der Waals surface area contributed by atoms with Gasteiger partial charge in [-0.2, -0.15) is 0 Å². The van der Waals surface area contributed by atoms with E-state index in [-0.39, 0.29) is 12.5 Å². The molecular weight excluding hydrogens is 364 g/mol. The third-order valence-corrected chi connectivity index (χ3v) is 3.23. The molecule has 0 aliphatic rings. The summed E-state index contributed by atoms with van der Waals surface area (Å²) in [4.78, 5) is 11.6. The first-order chi connectivity index (χ1) is 11.2. The summed E-state index contributed by atoms with van der Waals surface area (Å²) in [5.74, 6) is 0.619. The number of carbonyl (C=O) groups excluding carboxylic acids is 1. The molecule has 23 heavy (non-hydrogen) atoms. The Morgan fingerprint density at radius 3 is 2.70 bits per heavy atom. The minimum Gasteiger partial charge on any atom is -0.452 e. The Hall–Kier alpha value is -2.67. The fourth-order valence-electron chi connectivity index (χ4n) is 1.76. The van der Waals surface area contributed by atoms with Crippen molar-refractivity contribution in [1.29, 1.82) is 0 Å². The maximum Gasteiger partial charge on any atom is 0.331 e. The van der Waals surface area contributed by atoms with Gasteiger partial charge in [0, 0.05) is 11.6 Å². The number of nitrogens with zero attached hydrogens (tertiary/aromatic N) is 2. The molecule has 0 saturated heterocycles. The highest BCUT2D eigenvalue weighted by Crippen LogP contribution is 2.17. The standard InChI is InChI=1S/C16H11BrN2O4/c17-13-8-6-12(22-13)7-9-15(20)21-10-14-18-19-16(23-14)11-4-2-1-3-5-11/h1-9H,10H2/b9-7+. The maximum atomic E-state index is 11.6. The quantitative estimate of drug-likeness (QED) is 0.498. The molecule has 3 rings (SSSR count). The summed E-state index contributed by atoms with van der Waals surface area (Å²) in [6.45, 7) is -0.0924. The van der Waals surface area contributed by atoms with Crippen LogP contribution in [-0.4, -0.2) is 16.2 Å². The van der Waals surface area contributed by atoms with Crippen molar-refractivity contribution in [2.24, 2.45) is 0 Å². The molecule has 2 heterocycles. The van der Waals surface area contributed by atoms with E-state index in [1.807, 2.05) is 30.3 Å². The number of carbonyl (C=O) groups is 1. The van der Waals surface area contributed by atoms with E-state index in [4.69, 9.17) is 13.6 Å². The highest BCUT2D eigenvalue weighted by atomic mass is 79.9. The highest BCUT2D eigenvalue weighted by Gasteiger charge is 2.09. The smallest absolute Gasteiger partial charge is 0.331 e. The van der Waals surface area contributed by atoms with Crippen LogP contribution in [0.15, 0.2) is 62.0 Å². The summed E-state index contributed by atoms with van der Waals surface area (Å²) in [7, 11) is 0. The molecule has 7 heteroatoms. The lowest BCUT2D eigenvalue weighted by Crippen LogP contribution is -2.00. The van der Waals surface area contributed by atoms with Crippen molar-refractivity contribution in [3.05, 3.63) is 64.9 Å². The Labute approximate surface area is 139 Å². The molecule has 0 fully saturated rings. The van der Waals surface area contributed by atoms with Crippen LogP contribution in [0.1, 0.15) is 11.7 Å². The lowest BCUT2D eigenvalue weighted by Gasteiger charge is -1.96. The average molecular weight is 375 g/mol. The van der Waals surface area contributed by atoms with E-state index in [0.717, 1.165) is 5.56 Å². The molecule has 0 aliphatic heterocycles. The van der Waals surface area contributed by atoms with Crippen LogP contribution in [0.5, 0.6) is 0 Å². The third-order valence-electron chi connectivity index (χ3n) is 2.80. The summed E-state index contributed by atoms with van der Waals surface area (Å²) < 4.78 is 16.3. The number of rotatable bonds is 5. The van der Waals surface area contributed by atoms with E-state index < -0.39 is 5.97 Å². The van der Waals surface area contributed by atoms with Crippen LogP contribution in [0.2, 0.25) is 0 Å². The van der Waals surface area contributed by atoms with Gasteiger partial charge in [0.15, 0.2) is 11.3 Å². The van der Waals surface area contributed by atoms with Gasteiger partial charge in [-0.25, -0.2) is 4.79 Å². The van der Waals surface area contributed by atoms with Crippen molar-refractivity contribution in [3.63, 3.8) is 0 Å². The Balaban J connectivity index is 1.55. The first-order valence-corrected chi connectivity index (χ1v) is 7.48. The molecule has 0 bridgehead atoms. The number of hydrogen-bond acceptors (Lipinski definition) is 6. The van der Waals surface area contributed by atoms with Gasteiger partial charge in [-0.1, -0.05) is 18.2 Å². The second-order valence-electron chi connectivity index (χ2n) is 4.45. The first-order valence-electron chi connectivity index (χ1n) is 6.69. The zero-order valence-corrected chi connectivity index (χ0v) is 13.4. The SMILES string of the molecule is O=C(/C=C/c1ccc(Br)o1)OCc1nnc(-c2ccccc2)o1. The average Bonchev–Trinajstić information content (AvgIpc) is 3.21. The maximum absolute atomic E-state index is 11.6. The predicted molar refractivity (Wildman–Crippen MR) is 85.0 cm³/mol. The fraction of sp³-hybridized carbons (Fsp3) is 0.0625. The first kappa shape index (κ1) is 15.2. The monoisotopic (exact) mass is 374 g/mol. The van der Waals surface area contributed by atoms with Crippen molar-refractivity contribution in [3.8, 4) is 11.5 Å². The zero-order chi connectivity index (χ0) is 16.1. The van der Waals surface area contributed by atoms with E-state index in [1.165, 1.54) is 12.2 Å². The van der Waals surface area contributed by atoms with Gasteiger partial charge in [-0.3, -0.25) is 0 Å². The van der Waals surface area contributed by atoms with Gasteiger partial charge in [0.25, 0.3) is 5.89 Å². The van der Waals surface area contributed by atoms with Crippen molar-refractivity contribution in [2.75, 3.05) is 0 Å². The van der Waals surface area contributed by atoms with Crippen molar-refractivity contribution in [1.82, 2.24) is 10.2 Å². The van der Waals surface area contributed by atoms with Crippen LogP contribution < -0.4 is 0 Å². The van der Waals surface area contributed by atoms with E-state index in [9.17, 15) is 4.79 Å². The van der Waals surface area contributed by atoms with Crippen LogP contribution in [0.25, 0.3) is 17.5 Å². The van der Waals surface area contributed by atoms with Gasteiger partial charge in [0.1, 0.15) is 5.76 Å². The summed E-state index contributed by atoms with van der Waals surface area (Å²) >= 11 is 3.18. The molecule has 0 spiro atoms. The molecule has 0 radical (unpaired) electrons. The van der Waals surface area contributed by atoms with Gasteiger partial charge >= 0.3 is 5.97 Å². The molecule has 0 aliphatic carbocycles. The Morgan fingerprint density at radius 1 is 1.13 bits per heavy atom. The van der Waals surface area contributed by atoms with Gasteiger partial charge in [0.05, 0.1) is 0 Å². The van der Waals surface area contributed by atoms with Gasteiger partial charge in [-0.15, -0.1) is 10.2 Å². The molecule has 0 unspecified atom stereocenters. The largest absolute Gasteiger partial charge is 0.452 e. The van der Waals surface area contributed by atoms with E-state index in [2.05, 4.69) is 26.1 Å². The summed E-state index contributed by atoms with van der Waals surface area (Å²) in [5.41, 5.74) is 0.806. The van der Waals surface area contributed by atoms with E-state index in [0.29, 0.717) is 16.3 Å². The zero-order valence-electron chi connectivity index (χ0n) is 11.8. The second-order valence-corrected chi connectivity index (χ2v) is 5.23. The molecule has 3 aromatic rings. The minimum absolute atomic E-state index is 0.0924. The number of hydrogen-bond donors (Lipinski definition) is 0. The summed E-state index contributed by atoms with van der Waals surface area (Å²) in [6, 6.07) is 12.8. The summed E-state index contributed by atoms with van der Waals surface area (Å²) in [6.07, 6.45) is 2.77. The molecule has 0 atom stereocenters. The normalized spacial score (nSPS) is 11.0. The molecule has 1 aromatic carbocycles. The molecular formula is C16H11BrN2O4. The number of esters is 1. The molecule has 116 valence electrons. The Bertz CT molecular complexity index is 823. The van der Waals surface area contributed by atoms with Crippen LogP contribution in [0.3, 0.4) is 0 Å². The predicted octanol–water partition coefficient (Wildman–Crippen LogP) is 3.85. The van der Waals surface area contributed by atoms with E-state index in [1.54, 1.807) is 12.1 Å². The highest BCUT2D eigenvalue weighted by molar-refractivity contribution is 9.10. The minimum atomic E-state index is -0.531. The molecule has 0 N–H and O–H groups in total. The van der Waals surface area contributed by atoms with E-state index >= 15 is 0 Å². The molecule has 6 nitrogen and oxygen atoms in total. The Morgan fingerprint density at radius 2 is 1.96 bits per heavy atom. The number of ether oxygens (including phenoxy) is 1. The van der Waals surface area contributed by atoms with Crippen LogP contribution in [0, 0.1) is 0 Å². The lowest BCUT2D eigenvalue weighted by molar-refractivity contribution is -0.139. The molecule has 2 aromatic heterocycles. The number of benzene rings is 1. The second kappa shape index (κ2) is 7.06. The lowest BCUT2D eigenvalue weighted by atomic mass is 10.2. The van der Waals surface area contributed by atoms with Crippen molar-refractivity contribution >= 4 is 28.0 Å². The van der Waals surface area contributed by atoms with Crippen LogP contribution in [-0.2, 0) is 16.1 Å². The molecule has 0 amide bonds. The van der Waals surface area contributed by atoms with Crippen LogP contribution >= 0.6 is 15.9 Å². The van der Waals surface area contributed by atoms with Crippen molar-refractivity contribution in [2.45, 2.75) is 6.61 Å². The number of aromatic nitrogens is 2. The third kappa shape index (κ3) is 4.17. The van der Waals surface area contributed by atoms with Gasteiger partial charge in [0.2, 0.25) is 5.89 Å². The topological polar surface area (TPSA) is 78.4 Å². The van der Waals surface area contributed by atoms with Crippen LogP contribution in [0.4, 0.5) is 0 Å². The Kier molecular flexibility index (Phi) is 4.68. The number of furan rings is 1. The fourth-order valence-corrected chi connectivity index (χ4v) is 2.08. The molecule has 0 saturated carbocycles. The van der Waals surface area contributed by atoms with Crippen molar-refractivity contribution < 1.29 is 18.4 Å². The van der Waals surface area contributed by atoms with Gasteiger partial charge in [-0.05, 0) is 46.3 Å².